The second-order valence-corrected chi connectivity index (χ2v) is 11.2. The topological polar surface area (TPSA) is 56.0 Å². The molecule has 0 N–H and O–H groups in total. The summed E-state index contributed by atoms with van der Waals surface area (Å²) < 4.78 is 7.14. The van der Waals surface area contributed by atoms with Crippen molar-refractivity contribution in [2.75, 3.05) is 10.1 Å². The van der Waals surface area contributed by atoms with Crippen LogP contribution in [0.25, 0.3) is 33.6 Å². The lowest BCUT2D eigenvalue weighted by atomic mass is 9.92. The molecule has 0 amide bonds. The first-order valence-electron chi connectivity index (χ1n) is 13.0. The van der Waals surface area contributed by atoms with Gasteiger partial charge in [-0.05, 0) is 86.4 Å². The van der Waals surface area contributed by atoms with E-state index in [0.717, 1.165) is 78.3 Å². The van der Waals surface area contributed by atoms with Crippen LogP contribution in [0.5, 0.6) is 0 Å². The Balaban J connectivity index is 1.54. The summed E-state index contributed by atoms with van der Waals surface area (Å²) in [5.41, 5.74) is 6.23. The third kappa shape index (κ3) is 3.75. The Morgan fingerprint density at radius 2 is 2.03 bits per heavy atom. The van der Waals surface area contributed by atoms with Crippen molar-refractivity contribution in [2.45, 2.75) is 77.9 Å². The van der Waals surface area contributed by atoms with Crippen molar-refractivity contribution < 1.29 is 4.79 Å². The smallest absolute Gasteiger partial charge is 0.157 e. The monoisotopic (exact) mass is 487 g/mol. The highest BCUT2D eigenvalue weighted by molar-refractivity contribution is 8.00. The standard InChI is InChI=1S/C28H33N5OS/c1-4-5-11-31-24(16-21-8-9-25(30-27(21)31)33-19(3)7-6-13-35-33)28-29-23-15-20(17-34)14-22-18(2)10-12-32(28)26(22)23/h8-9,14-19H,4-7,10-13H2,1-3H3. The molecule has 4 aromatic rings. The average Bonchev–Trinajstić information content (AvgIpc) is 3.43. The largest absolute Gasteiger partial charge is 0.323 e. The highest BCUT2D eigenvalue weighted by Gasteiger charge is 2.27. The number of carbonyl (C=O) groups excluding carboxylic acids is 1. The number of aldehydes is 1. The van der Waals surface area contributed by atoms with Gasteiger partial charge in [0.25, 0.3) is 0 Å². The SMILES string of the molecule is CCCCn1c(-c2nc3cc(C=O)cc4c3n2CCC4C)cc2ccc(N3SCCCC3C)nc21. The molecule has 6 nitrogen and oxygen atoms in total. The van der Waals surface area contributed by atoms with E-state index in [-0.39, 0.29) is 0 Å². The minimum Gasteiger partial charge on any atom is -0.323 e. The molecule has 0 aliphatic carbocycles. The molecule has 2 aliphatic rings. The first kappa shape index (κ1) is 22.7. The molecule has 6 rings (SSSR count). The predicted octanol–water partition coefficient (Wildman–Crippen LogP) is 6.81. The Morgan fingerprint density at radius 1 is 1.14 bits per heavy atom. The second kappa shape index (κ2) is 9.01. The van der Waals surface area contributed by atoms with E-state index in [1.165, 1.54) is 23.9 Å². The Hall–Kier alpha value is -2.80. The van der Waals surface area contributed by atoms with Gasteiger partial charge in [-0.25, -0.2) is 9.97 Å². The van der Waals surface area contributed by atoms with Gasteiger partial charge in [0.2, 0.25) is 0 Å². The van der Waals surface area contributed by atoms with Crippen molar-refractivity contribution >= 4 is 46.1 Å². The lowest BCUT2D eigenvalue weighted by molar-refractivity contribution is 0.112. The fraction of sp³-hybridized carbons (Fsp3) is 0.464. The van der Waals surface area contributed by atoms with Crippen LogP contribution in [0.3, 0.4) is 0 Å². The third-order valence-electron chi connectivity index (χ3n) is 7.66. The minimum atomic E-state index is 0.425. The van der Waals surface area contributed by atoms with Gasteiger partial charge < -0.3 is 9.13 Å². The van der Waals surface area contributed by atoms with Crippen LogP contribution in [0.15, 0.2) is 30.3 Å². The van der Waals surface area contributed by atoms with Gasteiger partial charge in [0.05, 0.1) is 16.7 Å². The van der Waals surface area contributed by atoms with Crippen molar-refractivity contribution in [3.63, 3.8) is 0 Å². The molecule has 1 aromatic carbocycles. The molecule has 5 heterocycles. The Kier molecular flexibility index (Phi) is 5.83. The summed E-state index contributed by atoms with van der Waals surface area (Å²) in [4.78, 5) is 22.0. The zero-order chi connectivity index (χ0) is 24.1. The lowest BCUT2D eigenvalue weighted by Crippen LogP contribution is -2.31. The molecule has 0 saturated carbocycles. The normalized spacial score (nSPS) is 20.1. The van der Waals surface area contributed by atoms with E-state index in [4.69, 9.17) is 9.97 Å². The molecular weight excluding hydrogens is 454 g/mol. The number of imidazole rings is 1. The number of aryl methyl sites for hydroxylation is 2. The number of anilines is 1. The average molecular weight is 488 g/mol. The van der Waals surface area contributed by atoms with Crippen molar-refractivity contribution in [1.29, 1.82) is 0 Å². The molecule has 2 aliphatic heterocycles. The fourth-order valence-corrected chi connectivity index (χ4v) is 6.79. The third-order valence-corrected chi connectivity index (χ3v) is 8.96. The zero-order valence-electron chi connectivity index (χ0n) is 20.8. The quantitative estimate of drug-likeness (QED) is 0.221. The summed E-state index contributed by atoms with van der Waals surface area (Å²) >= 11 is 1.90. The van der Waals surface area contributed by atoms with E-state index in [2.05, 4.69) is 58.5 Å². The number of unbranched alkanes of at least 4 members (excludes halogenated alkanes) is 1. The molecule has 2 unspecified atom stereocenters. The fourth-order valence-electron chi connectivity index (χ4n) is 5.70. The molecule has 7 heteroatoms. The summed E-state index contributed by atoms with van der Waals surface area (Å²) in [6.07, 6.45) is 6.69. The van der Waals surface area contributed by atoms with Gasteiger partial charge >= 0.3 is 0 Å². The highest BCUT2D eigenvalue weighted by atomic mass is 32.2. The predicted molar refractivity (Wildman–Crippen MR) is 145 cm³/mol. The van der Waals surface area contributed by atoms with Gasteiger partial charge in [0.1, 0.15) is 17.8 Å². The summed E-state index contributed by atoms with van der Waals surface area (Å²) in [5.74, 6) is 3.62. The van der Waals surface area contributed by atoms with Gasteiger partial charge in [-0.2, -0.15) is 0 Å². The first-order chi connectivity index (χ1) is 17.1. The minimum absolute atomic E-state index is 0.425. The van der Waals surface area contributed by atoms with E-state index in [0.29, 0.717) is 17.5 Å². The van der Waals surface area contributed by atoms with Crippen molar-refractivity contribution in [1.82, 2.24) is 19.1 Å². The van der Waals surface area contributed by atoms with Gasteiger partial charge in [-0.15, -0.1) is 0 Å². The first-order valence-corrected chi connectivity index (χ1v) is 14.0. The number of fused-ring (bicyclic) bond motifs is 1. The van der Waals surface area contributed by atoms with E-state index in [1.807, 2.05) is 18.0 Å². The molecular formula is C28H33N5OS. The number of pyridine rings is 1. The van der Waals surface area contributed by atoms with Gasteiger partial charge in [0, 0.05) is 35.8 Å². The van der Waals surface area contributed by atoms with E-state index in [9.17, 15) is 4.79 Å². The van der Waals surface area contributed by atoms with Crippen molar-refractivity contribution in [2.24, 2.45) is 0 Å². The Morgan fingerprint density at radius 3 is 2.83 bits per heavy atom. The van der Waals surface area contributed by atoms with Crippen LogP contribution < -0.4 is 4.31 Å². The molecule has 1 saturated heterocycles. The van der Waals surface area contributed by atoms with Crippen molar-refractivity contribution in [3.8, 4) is 11.5 Å². The maximum atomic E-state index is 11.6. The number of hydrogen-bond acceptors (Lipinski definition) is 5. The molecule has 182 valence electrons. The molecule has 0 bridgehead atoms. The molecule has 1 fully saturated rings. The maximum Gasteiger partial charge on any atom is 0.157 e. The number of rotatable bonds is 6. The van der Waals surface area contributed by atoms with E-state index >= 15 is 0 Å². The van der Waals surface area contributed by atoms with Gasteiger partial charge in [0.15, 0.2) is 5.82 Å². The van der Waals surface area contributed by atoms with Crippen LogP contribution in [0.4, 0.5) is 5.82 Å². The maximum absolute atomic E-state index is 11.6. The Bertz CT molecular complexity index is 1420. The van der Waals surface area contributed by atoms with Crippen LogP contribution in [0, 0.1) is 0 Å². The number of hydrogen-bond donors (Lipinski definition) is 0. The number of carbonyl (C=O) groups is 1. The summed E-state index contributed by atoms with van der Waals surface area (Å²) in [6.45, 7) is 8.64. The van der Waals surface area contributed by atoms with Crippen LogP contribution in [0.2, 0.25) is 0 Å². The van der Waals surface area contributed by atoms with Crippen LogP contribution in [-0.2, 0) is 13.1 Å². The number of benzene rings is 1. The molecule has 2 atom stereocenters. The Labute approximate surface area is 210 Å². The molecule has 35 heavy (non-hydrogen) atoms. The molecule has 0 spiro atoms. The van der Waals surface area contributed by atoms with Crippen LogP contribution in [0.1, 0.15) is 74.7 Å². The van der Waals surface area contributed by atoms with Crippen molar-refractivity contribution in [3.05, 3.63) is 41.5 Å². The summed E-state index contributed by atoms with van der Waals surface area (Å²) in [5, 5.41) is 1.16. The van der Waals surface area contributed by atoms with Crippen LogP contribution >= 0.6 is 11.9 Å². The number of aromatic nitrogens is 4. The number of nitrogens with zero attached hydrogens (tertiary/aromatic N) is 5. The summed E-state index contributed by atoms with van der Waals surface area (Å²) in [6, 6.07) is 11.1. The van der Waals surface area contributed by atoms with Crippen LogP contribution in [-0.4, -0.2) is 37.2 Å². The zero-order valence-corrected chi connectivity index (χ0v) is 21.6. The second-order valence-electron chi connectivity index (χ2n) is 10.1. The van der Waals surface area contributed by atoms with Gasteiger partial charge in [-0.3, -0.25) is 9.10 Å². The van der Waals surface area contributed by atoms with Gasteiger partial charge in [-0.1, -0.05) is 20.3 Å². The highest BCUT2D eigenvalue weighted by Crippen LogP contribution is 2.39. The summed E-state index contributed by atoms with van der Waals surface area (Å²) in [7, 11) is 0. The molecule has 3 aromatic heterocycles. The lowest BCUT2D eigenvalue weighted by Gasteiger charge is -2.32. The van der Waals surface area contributed by atoms with E-state index < -0.39 is 0 Å². The van der Waals surface area contributed by atoms with E-state index in [1.54, 1.807) is 0 Å². The molecule has 0 radical (unpaired) electrons.